The van der Waals surface area contributed by atoms with Crippen LogP contribution in [0.3, 0.4) is 0 Å². The molecule has 0 bridgehead atoms. The molecule has 23 heavy (non-hydrogen) atoms. The number of likely N-dealkylation sites (tertiary alicyclic amines) is 1. The first kappa shape index (κ1) is 16.0. The van der Waals surface area contributed by atoms with Gasteiger partial charge in [-0.05, 0) is 37.9 Å². The predicted molar refractivity (Wildman–Crippen MR) is 90.4 cm³/mol. The summed E-state index contributed by atoms with van der Waals surface area (Å²) in [5.74, 6) is 0.292. The standard InChI is InChI=1S/C18H25N3O2/c1-19-15-8-11-20(12-9-15)17(22)10-13-21-16-5-3-2-4-14(16)6-7-18(21)23/h2-5,15,19H,6-13H2,1H3. The Morgan fingerprint density at radius 3 is 2.70 bits per heavy atom. The number of carbonyl (C=O) groups is 2. The number of nitrogens with zero attached hydrogens (tertiary/aromatic N) is 2. The molecule has 1 aromatic carbocycles. The number of piperidine rings is 1. The van der Waals surface area contributed by atoms with Crippen LogP contribution in [0.1, 0.15) is 31.2 Å². The monoisotopic (exact) mass is 315 g/mol. The van der Waals surface area contributed by atoms with Crippen LogP contribution in [-0.4, -0.2) is 49.4 Å². The van der Waals surface area contributed by atoms with Crippen LogP contribution in [0.25, 0.3) is 0 Å². The number of hydrogen-bond donors (Lipinski definition) is 1. The van der Waals surface area contributed by atoms with E-state index in [0.717, 1.165) is 38.0 Å². The topological polar surface area (TPSA) is 52.7 Å². The molecule has 0 saturated carbocycles. The van der Waals surface area contributed by atoms with Gasteiger partial charge in [-0.15, -0.1) is 0 Å². The van der Waals surface area contributed by atoms with Gasteiger partial charge in [0.15, 0.2) is 0 Å². The number of anilines is 1. The zero-order chi connectivity index (χ0) is 16.2. The quantitative estimate of drug-likeness (QED) is 0.917. The molecule has 1 N–H and O–H groups in total. The van der Waals surface area contributed by atoms with Crippen molar-refractivity contribution in [3.05, 3.63) is 29.8 Å². The normalized spacial score (nSPS) is 18.9. The smallest absolute Gasteiger partial charge is 0.227 e. The lowest BCUT2D eigenvalue weighted by Gasteiger charge is -2.33. The van der Waals surface area contributed by atoms with E-state index < -0.39 is 0 Å². The van der Waals surface area contributed by atoms with E-state index in [9.17, 15) is 9.59 Å². The number of carbonyl (C=O) groups excluding carboxylic acids is 2. The predicted octanol–water partition coefficient (Wildman–Crippen LogP) is 1.57. The van der Waals surface area contributed by atoms with Gasteiger partial charge in [-0.1, -0.05) is 18.2 Å². The molecular weight excluding hydrogens is 290 g/mol. The van der Waals surface area contributed by atoms with Gasteiger partial charge in [0.1, 0.15) is 0 Å². The van der Waals surface area contributed by atoms with Crippen molar-refractivity contribution in [3.8, 4) is 0 Å². The van der Waals surface area contributed by atoms with E-state index in [1.165, 1.54) is 5.56 Å². The molecule has 2 aliphatic heterocycles. The van der Waals surface area contributed by atoms with Crippen molar-refractivity contribution < 1.29 is 9.59 Å². The number of aryl methyl sites for hydroxylation is 1. The summed E-state index contributed by atoms with van der Waals surface area (Å²) < 4.78 is 0. The van der Waals surface area contributed by atoms with Crippen molar-refractivity contribution in [1.82, 2.24) is 10.2 Å². The van der Waals surface area contributed by atoms with Crippen LogP contribution < -0.4 is 10.2 Å². The fourth-order valence-corrected chi connectivity index (χ4v) is 3.52. The first-order valence-electron chi connectivity index (χ1n) is 8.52. The second-order valence-electron chi connectivity index (χ2n) is 6.37. The third kappa shape index (κ3) is 3.55. The van der Waals surface area contributed by atoms with E-state index in [4.69, 9.17) is 0 Å². The highest BCUT2D eigenvalue weighted by Crippen LogP contribution is 2.27. The summed E-state index contributed by atoms with van der Waals surface area (Å²) in [5.41, 5.74) is 2.18. The largest absolute Gasteiger partial charge is 0.343 e. The van der Waals surface area contributed by atoms with Crippen molar-refractivity contribution in [2.45, 2.75) is 38.1 Å². The highest BCUT2D eigenvalue weighted by atomic mass is 16.2. The van der Waals surface area contributed by atoms with E-state index in [1.807, 2.05) is 30.1 Å². The fourth-order valence-electron chi connectivity index (χ4n) is 3.52. The first-order chi connectivity index (χ1) is 11.2. The molecule has 2 aliphatic rings. The second kappa shape index (κ2) is 7.13. The van der Waals surface area contributed by atoms with Crippen LogP contribution in [0.4, 0.5) is 5.69 Å². The lowest BCUT2D eigenvalue weighted by atomic mass is 10.0. The van der Waals surface area contributed by atoms with E-state index >= 15 is 0 Å². The maximum atomic E-state index is 12.4. The Kier molecular flexibility index (Phi) is 4.96. The van der Waals surface area contributed by atoms with Crippen LogP contribution in [0.5, 0.6) is 0 Å². The molecule has 124 valence electrons. The highest BCUT2D eigenvalue weighted by Gasteiger charge is 2.26. The first-order valence-corrected chi connectivity index (χ1v) is 8.52. The lowest BCUT2D eigenvalue weighted by Crippen LogP contribution is -2.45. The molecule has 0 aromatic heterocycles. The van der Waals surface area contributed by atoms with E-state index in [0.29, 0.717) is 25.4 Å². The third-order valence-corrected chi connectivity index (χ3v) is 5.00. The van der Waals surface area contributed by atoms with Crippen LogP contribution in [-0.2, 0) is 16.0 Å². The molecule has 1 fully saturated rings. The number of hydrogen-bond acceptors (Lipinski definition) is 3. The van der Waals surface area contributed by atoms with Crippen LogP contribution in [0, 0.1) is 0 Å². The van der Waals surface area contributed by atoms with Gasteiger partial charge >= 0.3 is 0 Å². The summed E-state index contributed by atoms with van der Waals surface area (Å²) in [4.78, 5) is 28.4. The Morgan fingerprint density at radius 2 is 1.96 bits per heavy atom. The van der Waals surface area contributed by atoms with E-state index in [2.05, 4.69) is 11.4 Å². The van der Waals surface area contributed by atoms with Crippen LogP contribution in [0.15, 0.2) is 24.3 Å². The summed E-state index contributed by atoms with van der Waals surface area (Å²) in [6, 6.07) is 8.53. The zero-order valence-electron chi connectivity index (χ0n) is 13.8. The molecule has 0 atom stereocenters. The molecule has 1 saturated heterocycles. The summed E-state index contributed by atoms with van der Waals surface area (Å²) in [6.07, 6.45) is 3.77. The Balaban J connectivity index is 1.58. The third-order valence-electron chi connectivity index (χ3n) is 5.00. The van der Waals surface area contributed by atoms with Crippen molar-refractivity contribution >= 4 is 17.5 Å². The number of para-hydroxylation sites is 1. The summed E-state index contributed by atoms with van der Waals surface area (Å²) in [6.45, 7) is 2.12. The number of rotatable bonds is 4. The van der Waals surface area contributed by atoms with E-state index in [1.54, 1.807) is 4.90 Å². The minimum atomic E-state index is 0.130. The van der Waals surface area contributed by atoms with Crippen molar-refractivity contribution in [2.75, 3.05) is 31.6 Å². The summed E-state index contributed by atoms with van der Waals surface area (Å²) in [7, 11) is 1.97. The van der Waals surface area contributed by atoms with Gasteiger partial charge in [0.2, 0.25) is 11.8 Å². The molecule has 0 radical (unpaired) electrons. The van der Waals surface area contributed by atoms with E-state index in [-0.39, 0.29) is 11.8 Å². The average molecular weight is 315 g/mol. The van der Waals surface area contributed by atoms with Gasteiger partial charge in [0.05, 0.1) is 0 Å². The number of fused-ring (bicyclic) bond motifs is 1. The highest BCUT2D eigenvalue weighted by molar-refractivity contribution is 5.97. The summed E-state index contributed by atoms with van der Waals surface area (Å²) >= 11 is 0. The molecular formula is C18H25N3O2. The van der Waals surface area contributed by atoms with Gasteiger partial charge < -0.3 is 15.1 Å². The Hall–Kier alpha value is -1.88. The van der Waals surface area contributed by atoms with Gasteiger partial charge in [-0.3, -0.25) is 9.59 Å². The number of amides is 2. The molecule has 0 spiro atoms. The maximum absolute atomic E-state index is 12.4. The van der Waals surface area contributed by atoms with Gasteiger partial charge in [-0.2, -0.15) is 0 Å². The van der Waals surface area contributed by atoms with Crippen molar-refractivity contribution in [3.63, 3.8) is 0 Å². The zero-order valence-corrected chi connectivity index (χ0v) is 13.8. The molecule has 3 rings (SSSR count). The number of nitrogens with one attached hydrogen (secondary N) is 1. The molecule has 2 heterocycles. The van der Waals surface area contributed by atoms with Gasteiger partial charge in [-0.25, -0.2) is 0 Å². The Labute approximate surface area is 137 Å². The maximum Gasteiger partial charge on any atom is 0.227 e. The Bertz CT molecular complexity index is 579. The fraction of sp³-hybridized carbons (Fsp3) is 0.556. The Morgan fingerprint density at radius 1 is 1.22 bits per heavy atom. The van der Waals surface area contributed by atoms with Gasteiger partial charge in [0.25, 0.3) is 0 Å². The molecule has 5 heteroatoms. The second-order valence-corrected chi connectivity index (χ2v) is 6.37. The van der Waals surface area contributed by atoms with Gasteiger partial charge in [0, 0.05) is 44.2 Å². The van der Waals surface area contributed by atoms with Crippen molar-refractivity contribution in [1.29, 1.82) is 0 Å². The van der Waals surface area contributed by atoms with Crippen molar-refractivity contribution in [2.24, 2.45) is 0 Å². The lowest BCUT2D eigenvalue weighted by molar-refractivity contribution is -0.132. The van der Waals surface area contributed by atoms with Crippen LogP contribution >= 0.6 is 0 Å². The minimum Gasteiger partial charge on any atom is -0.343 e. The summed E-state index contributed by atoms with van der Waals surface area (Å²) in [5, 5.41) is 3.27. The molecule has 0 unspecified atom stereocenters. The molecule has 5 nitrogen and oxygen atoms in total. The molecule has 1 aromatic rings. The molecule has 0 aliphatic carbocycles. The average Bonchev–Trinajstić information content (AvgIpc) is 2.60. The SMILES string of the molecule is CNC1CCN(C(=O)CCN2C(=O)CCc3ccccc32)CC1. The number of benzene rings is 1. The minimum absolute atomic E-state index is 0.130. The molecule has 2 amide bonds. The van der Waals surface area contributed by atoms with Crippen LogP contribution in [0.2, 0.25) is 0 Å².